The van der Waals surface area contributed by atoms with Crippen LogP contribution in [0.2, 0.25) is 5.15 Å². The van der Waals surface area contributed by atoms with Gasteiger partial charge in [0, 0.05) is 6.20 Å². The van der Waals surface area contributed by atoms with Crippen molar-refractivity contribution in [3.63, 3.8) is 0 Å². The van der Waals surface area contributed by atoms with Crippen molar-refractivity contribution in [1.82, 2.24) is 4.98 Å². The topological polar surface area (TPSA) is 22.1 Å². The Bertz CT molecular complexity index is 683. The number of ether oxygens (including phenoxy) is 1. The molecule has 2 nitrogen and oxygen atoms in total. The summed E-state index contributed by atoms with van der Waals surface area (Å²) in [6.07, 6.45) is -9.15. The van der Waals surface area contributed by atoms with Crippen LogP contribution >= 0.6 is 11.6 Å². The van der Waals surface area contributed by atoms with E-state index in [0.29, 0.717) is 6.20 Å². The highest BCUT2D eigenvalue weighted by Gasteiger charge is 2.35. The van der Waals surface area contributed by atoms with E-state index in [1.807, 2.05) is 0 Å². The molecule has 1 aromatic carbocycles. The molecule has 0 radical (unpaired) electrons. The van der Waals surface area contributed by atoms with Gasteiger partial charge in [0.15, 0.2) is 0 Å². The predicted octanol–water partition coefficient (Wildman–Crippen LogP) is 5.32. The molecule has 0 aliphatic rings. The molecule has 0 spiro atoms. The van der Waals surface area contributed by atoms with Crippen LogP contribution in [0.25, 0.3) is 11.1 Å². The number of nitrogens with zero attached hydrogens (tertiary/aromatic N) is 1. The summed E-state index contributed by atoms with van der Waals surface area (Å²) in [5.41, 5.74) is -1.63. The minimum atomic E-state index is -4.94. The molecule has 0 aliphatic carbocycles. The van der Waals surface area contributed by atoms with Crippen LogP contribution in [0.1, 0.15) is 5.56 Å². The fraction of sp³-hybridized carbons (Fsp3) is 0.154. The number of aromatic nitrogens is 1. The lowest BCUT2D eigenvalue weighted by molar-refractivity contribution is -0.274. The zero-order valence-corrected chi connectivity index (χ0v) is 11.2. The first-order valence-corrected chi connectivity index (χ1v) is 6.03. The van der Waals surface area contributed by atoms with Crippen molar-refractivity contribution in [2.75, 3.05) is 0 Å². The van der Waals surface area contributed by atoms with E-state index in [-0.39, 0.29) is 16.3 Å². The van der Waals surface area contributed by atoms with E-state index in [1.54, 1.807) is 0 Å². The standard InChI is InChI=1S/C13H6ClF6NO/c14-11-5-9(10(6-21-11)12(15,16)17)7-2-1-3-8(4-7)22-13(18,19)20/h1-6H. The Morgan fingerprint density at radius 1 is 1.00 bits per heavy atom. The first-order valence-electron chi connectivity index (χ1n) is 5.65. The van der Waals surface area contributed by atoms with Gasteiger partial charge in [-0.2, -0.15) is 13.2 Å². The highest BCUT2D eigenvalue weighted by Crippen LogP contribution is 2.38. The zero-order valence-electron chi connectivity index (χ0n) is 10.5. The van der Waals surface area contributed by atoms with Crippen molar-refractivity contribution < 1.29 is 31.1 Å². The van der Waals surface area contributed by atoms with Gasteiger partial charge in [0.2, 0.25) is 0 Å². The second-order valence-corrected chi connectivity index (χ2v) is 4.51. The summed E-state index contributed by atoms with van der Waals surface area (Å²) in [6, 6.07) is 5.10. The number of alkyl halides is 6. The van der Waals surface area contributed by atoms with Crippen LogP contribution in [-0.2, 0) is 6.18 Å². The maximum atomic E-state index is 12.9. The highest BCUT2D eigenvalue weighted by molar-refractivity contribution is 6.29. The predicted molar refractivity (Wildman–Crippen MR) is 66.4 cm³/mol. The minimum absolute atomic E-state index is 0.127. The Labute approximate surface area is 125 Å². The number of benzene rings is 1. The van der Waals surface area contributed by atoms with Gasteiger partial charge in [-0.05, 0) is 29.3 Å². The second-order valence-electron chi connectivity index (χ2n) is 4.13. The normalized spacial score (nSPS) is 12.3. The Balaban J connectivity index is 2.52. The maximum absolute atomic E-state index is 12.9. The number of hydrogen-bond acceptors (Lipinski definition) is 2. The van der Waals surface area contributed by atoms with Crippen molar-refractivity contribution in [3.8, 4) is 16.9 Å². The molecule has 1 heterocycles. The van der Waals surface area contributed by atoms with Crippen molar-refractivity contribution in [2.24, 2.45) is 0 Å². The molecule has 0 saturated heterocycles. The van der Waals surface area contributed by atoms with Gasteiger partial charge in [0.05, 0.1) is 5.56 Å². The van der Waals surface area contributed by atoms with Crippen LogP contribution in [0.15, 0.2) is 36.5 Å². The fourth-order valence-electron chi connectivity index (χ4n) is 1.76. The first-order chi connectivity index (χ1) is 10.1. The van der Waals surface area contributed by atoms with Crippen LogP contribution in [0.5, 0.6) is 5.75 Å². The smallest absolute Gasteiger partial charge is 0.406 e. The van der Waals surface area contributed by atoms with E-state index in [2.05, 4.69) is 9.72 Å². The van der Waals surface area contributed by atoms with Crippen LogP contribution in [-0.4, -0.2) is 11.3 Å². The molecule has 118 valence electrons. The van der Waals surface area contributed by atoms with Gasteiger partial charge >= 0.3 is 12.5 Å². The lowest BCUT2D eigenvalue weighted by Gasteiger charge is -2.14. The zero-order chi connectivity index (χ0) is 16.5. The summed E-state index contributed by atoms with van der Waals surface area (Å²) in [5.74, 6) is -0.633. The van der Waals surface area contributed by atoms with Crippen LogP contribution in [0.4, 0.5) is 26.3 Å². The van der Waals surface area contributed by atoms with Crippen molar-refractivity contribution in [3.05, 3.63) is 47.2 Å². The molecule has 1 aromatic heterocycles. The number of halogens is 7. The third kappa shape index (κ3) is 4.03. The van der Waals surface area contributed by atoms with Gasteiger partial charge in [-0.25, -0.2) is 4.98 Å². The molecule has 0 bridgehead atoms. The van der Waals surface area contributed by atoms with Gasteiger partial charge in [0.1, 0.15) is 10.9 Å². The van der Waals surface area contributed by atoms with Crippen molar-refractivity contribution in [2.45, 2.75) is 12.5 Å². The molecule has 2 rings (SSSR count). The lowest BCUT2D eigenvalue weighted by Crippen LogP contribution is -2.17. The number of rotatable bonds is 2. The molecule has 22 heavy (non-hydrogen) atoms. The molecule has 0 unspecified atom stereocenters. The third-order valence-corrected chi connectivity index (χ3v) is 2.76. The van der Waals surface area contributed by atoms with Crippen LogP contribution in [0.3, 0.4) is 0 Å². The van der Waals surface area contributed by atoms with E-state index >= 15 is 0 Å². The van der Waals surface area contributed by atoms with Crippen molar-refractivity contribution >= 4 is 11.6 Å². The Morgan fingerprint density at radius 2 is 1.68 bits per heavy atom. The monoisotopic (exact) mass is 341 g/mol. The summed E-state index contributed by atoms with van der Waals surface area (Å²) < 4.78 is 79.0. The number of pyridine rings is 1. The Kier molecular flexibility index (Phi) is 4.23. The summed E-state index contributed by atoms with van der Waals surface area (Å²) >= 11 is 5.57. The molecule has 2 aromatic rings. The Morgan fingerprint density at radius 3 is 2.27 bits per heavy atom. The molecule has 0 fully saturated rings. The largest absolute Gasteiger partial charge is 0.573 e. The summed E-state index contributed by atoms with van der Waals surface area (Å²) in [5, 5.41) is -0.217. The summed E-state index contributed by atoms with van der Waals surface area (Å²) in [6.45, 7) is 0. The molecule has 0 amide bonds. The minimum Gasteiger partial charge on any atom is -0.406 e. The molecule has 0 aliphatic heterocycles. The van der Waals surface area contributed by atoms with Gasteiger partial charge < -0.3 is 4.74 Å². The lowest BCUT2D eigenvalue weighted by atomic mass is 10.0. The van der Waals surface area contributed by atoms with Gasteiger partial charge in [-0.15, -0.1) is 13.2 Å². The van der Waals surface area contributed by atoms with E-state index in [1.165, 1.54) is 6.07 Å². The quantitative estimate of drug-likeness (QED) is 0.545. The van der Waals surface area contributed by atoms with Crippen LogP contribution in [0, 0.1) is 0 Å². The van der Waals surface area contributed by atoms with Crippen molar-refractivity contribution in [1.29, 1.82) is 0 Å². The van der Waals surface area contributed by atoms with E-state index in [4.69, 9.17) is 11.6 Å². The average Bonchev–Trinajstić information content (AvgIpc) is 2.35. The second kappa shape index (κ2) is 5.68. The molecular formula is C13H6ClF6NO. The SMILES string of the molecule is FC(F)(F)Oc1cccc(-c2cc(Cl)ncc2C(F)(F)F)c1. The Hall–Kier alpha value is -1.96. The van der Waals surface area contributed by atoms with Gasteiger partial charge in [-0.1, -0.05) is 23.7 Å². The molecule has 0 atom stereocenters. The molecule has 0 N–H and O–H groups in total. The van der Waals surface area contributed by atoms with E-state index in [9.17, 15) is 26.3 Å². The first kappa shape index (κ1) is 16.4. The highest BCUT2D eigenvalue weighted by atomic mass is 35.5. The number of hydrogen-bond donors (Lipinski definition) is 0. The van der Waals surface area contributed by atoms with E-state index in [0.717, 1.165) is 24.3 Å². The summed E-state index contributed by atoms with van der Waals surface area (Å²) in [4.78, 5) is 3.35. The molecular weight excluding hydrogens is 336 g/mol. The van der Waals surface area contributed by atoms with Gasteiger partial charge in [-0.3, -0.25) is 0 Å². The van der Waals surface area contributed by atoms with E-state index < -0.39 is 23.9 Å². The van der Waals surface area contributed by atoms with Crippen LogP contribution < -0.4 is 4.74 Å². The third-order valence-electron chi connectivity index (χ3n) is 2.55. The average molecular weight is 342 g/mol. The molecule has 0 saturated carbocycles. The molecule has 9 heteroatoms. The summed E-state index contributed by atoms with van der Waals surface area (Å²) in [7, 11) is 0. The van der Waals surface area contributed by atoms with Gasteiger partial charge in [0.25, 0.3) is 0 Å². The fourth-order valence-corrected chi connectivity index (χ4v) is 1.91. The maximum Gasteiger partial charge on any atom is 0.573 e.